The molecule has 0 aromatic heterocycles. The Morgan fingerprint density at radius 1 is 0.769 bits per heavy atom. The van der Waals surface area contributed by atoms with Gasteiger partial charge in [0, 0.05) is 0 Å². The molecule has 0 saturated carbocycles. The van der Waals surface area contributed by atoms with Gasteiger partial charge in [-0.1, -0.05) is 20.8 Å². The van der Waals surface area contributed by atoms with E-state index in [0.29, 0.717) is 0 Å². The van der Waals surface area contributed by atoms with Crippen LogP contribution >= 0.6 is 7.82 Å². The second-order valence-corrected chi connectivity index (χ2v) is 5.69. The molecule has 0 atom stereocenters. The number of hydrogen-bond acceptors (Lipinski definition) is 10. The Morgan fingerprint density at radius 3 is 1.35 bits per heavy atom. The molecule has 0 saturated heterocycles. The zero-order valence-electron chi connectivity index (χ0n) is 16.0. The Labute approximate surface area is 154 Å². The highest BCUT2D eigenvalue weighted by Gasteiger charge is 2.23. The number of phosphoric acid groups is 1. The third kappa shape index (κ3) is 17.4. The molecule has 0 amide bonds. The summed E-state index contributed by atoms with van der Waals surface area (Å²) in [5.74, 6) is 0. The molecule has 156 valence electrons. The lowest BCUT2D eigenvalue weighted by atomic mass is 10.5. The van der Waals surface area contributed by atoms with Crippen molar-refractivity contribution in [3.05, 3.63) is 0 Å². The number of ether oxygens (including phenoxy) is 4. The van der Waals surface area contributed by atoms with Gasteiger partial charge in [-0.05, 0) is 33.5 Å². The summed E-state index contributed by atoms with van der Waals surface area (Å²) in [6.45, 7) is 11.7. The van der Waals surface area contributed by atoms with Crippen LogP contribution in [0.3, 0.4) is 0 Å². The van der Waals surface area contributed by atoms with Crippen molar-refractivity contribution in [3.63, 3.8) is 0 Å². The van der Waals surface area contributed by atoms with E-state index < -0.39 is 33.7 Å². The van der Waals surface area contributed by atoms with Gasteiger partial charge in [0.15, 0.2) is 0 Å². The van der Waals surface area contributed by atoms with E-state index in [4.69, 9.17) is 4.89 Å². The van der Waals surface area contributed by atoms with E-state index in [0.717, 1.165) is 0 Å². The molecule has 0 unspecified atom stereocenters. The SMILES string of the molecule is CCN(CC)CC.CCOC(=O)OCOP(=O)(O)OCOC(=O)OCC. The Hall–Kier alpha value is -1.39. The fourth-order valence-corrected chi connectivity index (χ4v) is 1.76. The number of phosphoric ester groups is 1. The van der Waals surface area contributed by atoms with Crippen molar-refractivity contribution in [2.45, 2.75) is 34.6 Å². The van der Waals surface area contributed by atoms with Gasteiger partial charge in [0.25, 0.3) is 0 Å². The highest BCUT2D eigenvalue weighted by Crippen LogP contribution is 2.42. The van der Waals surface area contributed by atoms with Crippen molar-refractivity contribution in [1.29, 1.82) is 0 Å². The van der Waals surface area contributed by atoms with Crippen LogP contribution in [0.1, 0.15) is 34.6 Å². The predicted molar refractivity (Wildman–Crippen MR) is 91.4 cm³/mol. The first-order chi connectivity index (χ1) is 12.3. The van der Waals surface area contributed by atoms with E-state index in [-0.39, 0.29) is 13.2 Å². The Morgan fingerprint density at radius 2 is 1.12 bits per heavy atom. The second-order valence-electron chi connectivity index (χ2n) is 4.24. The Bertz CT molecular complexity index is 383. The standard InChI is InChI=1S/C8H15O10P.C6H15N/c1-3-13-7(9)15-5-17-19(11,12)18-6-16-8(10)14-4-2;1-4-7(5-2)6-3/h3-6H2,1-2H3,(H,11,12);4-6H2,1-3H3. The van der Waals surface area contributed by atoms with E-state index in [2.05, 4.69) is 53.7 Å². The first-order valence-electron chi connectivity index (χ1n) is 8.19. The normalized spacial score (nSPS) is 10.6. The van der Waals surface area contributed by atoms with Crippen LogP contribution in [0, 0.1) is 0 Å². The maximum atomic E-state index is 11.1. The molecular weight excluding hydrogens is 373 g/mol. The molecule has 0 aliphatic heterocycles. The lowest BCUT2D eigenvalue weighted by molar-refractivity contribution is -0.0311. The number of carbonyl (C=O) groups is 2. The summed E-state index contributed by atoms with van der Waals surface area (Å²) < 4.78 is 36.8. The zero-order chi connectivity index (χ0) is 20.4. The molecule has 0 aliphatic rings. The third-order valence-corrected chi connectivity index (χ3v) is 3.51. The largest absolute Gasteiger partial charge is 0.510 e. The van der Waals surface area contributed by atoms with Gasteiger partial charge in [-0.25, -0.2) is 23.2 Å². The van der Waals surface area contributed by atoms with Crippen molar-refractivity contribution >= 4 is 20.1 Å². The highest BCUT2D eigenvalue weighted by molar-refractivity contribution is 7.47. The molecular formula is C14H30NO10P. The maximum absolute atomic E-state index is 11.1. The predicted octanol–water partition coefficient (Wildman–Crippen LogP) is 2.73. The minimum Gasteiger partial charge on any atom is -0.435 e. The van der Waals surface area contributed by atoms with Crippen LogP contribution in [0.15, 0.2) is 0 Å². The van der Waals surface area contributed by atoms with E-state index in [1.165, 1.54) is 19.6 Å². The molecule has 26 heavy (non-hydrogen) atoms. The second kappa shape index (κ2) is 17.0. The summed E-state index contributed by atoms with van der Waals surface area (Å²) in [6.07, 6.45) is -2.13. The number of nitrogens with zero attached hydrogens (tertiary/aromatic N) is 1. The highest BCUT2D eigenvalue weighted by atomic mass is 31.2. The van der Waals surface area contributed by atoms with Gasteiger partial charge >= 0.3 is 20.1 Å². The zero-order valence-corrected chi connectivity index (χ0v) is 16.9. The molecule has 0 rings (SSSR count). The summed E-state index contributed by atoms with van der Waals surface area (Å²) in [5.41, 5.74) is 0. The van der Waals surface area contributed by atoms with Crippen LogP contribution in [0.25, 0.3) is 0 Å². The van der Waals surface area contributed by atoms with Crippen molar-refractivity contribution in [3.8, 4) is 0 Å². The van der Waals surface area contributed by atoms with Crippen LogP contribution in [0.2, 0.25) is 0 Å². The molecule has 0 spiro atoms. The fourth-order valence-electron chi connectivity index (χ4n) is 1.31. The summed E-state index contributed by atoms with van der Waals surface area (Å²) in [6, 6.07) is 0. The summed E-state index contributed by atoms with van der Waals surface area (Å²) in [7, 11) is -4.51. The number of rotatable bonds is 11. The lowest BCUT2D eigenvalue weighted by Crippen LogP contribution is -2.21. The van der Waals surface area contributed by atoms with Crippen molar-refractivity contribution in [2.24, 2.45) is 0 Å². The third-order valence-electron chi connectivity index (χ3n) is 2.65. The lowest BCUT2D eigenvalue weighted by Gasteiger charge is -2.13. The average Bonchev–Trinajstić information content (AvgIpc) is 2.57. The van der Waals surface area contributed by atoms with Crippen molar-refractivity contribution < 1.29 is 47.0 Å². The minimum atomic E-state index is -4.51. The van der Waals surface area contributed by atoms with Gasteiger partial charge in [-0.2, -0.15) is 0 Å². The van der Waals surface area contributed by atoms with E-state index in [9.17, 15) is 14.2 Å². The monoisotopic (exact) mass is 403 g/mol. The quantitative estimate of drug-likeness (QED) is 0.310. The topological polar surface area (TPSA) is 130 Å². The molecule has 0 radical (unpaired) electrons. The van der Waals surface area contributed by atoms with Crippen LogP contribution in [-0.4, -0.2) is 68.5 Å². The van der Waals surface area contributed by atoms with Crippen LogP contribution in [0.5, 0.6) is 0 Å². The first kappa shape index (κ1) is 26.8. The van der Waals surface area contributed by atoms with E-state index >= 15 is 0 Å². The summed E-state index contributed by atoms with van der Waals surface area (Å²) in [5, 5.41) is 0. The van der Waals surface area contributed by atoms with Gasteiger partial charge in [-0.3, -0.25) is 0 Å². The van der Waals surface area contributed by atoms with Crippen LogP contribution < -0.4 is 0 Å². The molecule has 12 heteroatoms. The summed E-state index contributed by atoms with van der Waals surface area (Å²) in [4.78, 5) is 32.8. The van der Waals surface area contributed by atoms with Crippen LogP contribution in [0.4, 0.5) is 9.59 Å². The molecule has 1 N–H and O–H groups in total. The van der Waals surface area contributed by atoms with Gasteiger partial charge in [0.2, 0.25) is 13.6 Å². The van der Waals surface area contributed by atoms with Gasteiger partial charge in [-0.15, -0.1) is 0 Å². The average molecular weight is 403 g/mol. The van der Waals surface area contributed by atoms with E-state index in [1.54, 1.807) is 13.8 Å². The van der Waals surface area contributed by atoms with Gasteiger partial charge < -0.3 is 28.7 Å². The Balaban J connectivity index is 0. The minimum absolute atomic E-state index is 0.0828. The number of carbonyl (C=O) groups excluding carboxylic acids is 2. The van der Waals surface area contributed by atoms with Crippen LogP contribution in [-0.2, 0) is 32.6 Å². The molecule has 0 bridgehead atoms. The molecule has 0 aromatic rings. The molecule has 0 heterocycles. The Kier molecular flexibility index (Phi) is 17.6. The van der Waals surface area contributed by atoms with E-state index in [1.807, 2.05) is 0 Å². The molecule has 0 aromatic carbocycles. The molecule has 11 nitrogen and oxygen atoms in total. The first-order valence-corrected chi connectivity index (χ1v) is 9.68. The summed E-state index contributed by atoms with van der Waals surface area (Å²) >= 11 is 0. The van der Waals surface area contributed by atoms with Crippen molar-refractivity contribution in [2.75, 3.05) is 46.4 Å². The smallest absolute Gasteiger partial charge is 0.435 e. The van der Waals surface area contributed by atoms with Gasteiger partial charge in [0.05, 0.1) is 13.2 Å². The van der Waals surface area contributed by atoms with Gasteiger partial charge in [0.1, 0.15) is 0 Å². The molecule has 0 aliphatic carbocycles. The maximum Gasteiger partial charge on any atom is 0.510 e. The molecule has 0 fully saturated rings. The fraction of sp³-hybridized carbons (Fsp3) is 0.857. The van der Waals surface area contributed by atoms with Crippen molar-refractivity contribution in [1.82, 2.24) is 4.90 Å². The number of hydrogen-bond donors (Lipinski definition) is 1.